The number of esters is 1. The highest BCUT2D eigenvalue weighted by Crippen LogP contribution is 2.29. The number of hydrogen-bond acceptors (Lipinski definition) is 5. The fourth-order valence-electron chi connectivity index (χ4n) is 3.09. The highest BCUT2D eigenvalue weighted by atomic mass is 16.5. The number of carbonyl (C=O) groups is 1. The molecule has 1 aromatic carbocycles. The van der Waals surface area contributed by atoms with Crippen molar-refractivity contribution in [1.29, 1.82) is 0 Å². The van der Waals surface area contributed by atoms with Gasteiger partial charge in [-0.05, 0) is 38.2 Å². The van der Waals surface area contributed by atoms with Gasteiger partial charge in [-0.2, -0.15) is 0 Å². The van der Waals surface area contributed by atoms with E-state index in [0.29, 0.717) is 12.2 Å². The Balaban J connectivity index is 1.65. The van der Waals surface area contributed by atoms with Crippen LogP contribution in [-0.4, -0.2) is 74.2 Å². The van der Waals surface area contributed by atoms with Crippen LogP contribution in [0.5, 0.6) is 5.75 Å². The molecular weight excluding hydrogens is 318 g/mol. The second-order valence-corrected chi connectivity index (χ2v) is 6.72. The van der Waals surface area contributed by atoms with Gasteiger partial charge in [0.1, 0.15) is 5.75 Å². The standard InChI is InChI=1S/C19H27N3O3/c1-21(2)8-6-15-14-20-16-4-3-5-17(19(15)16)25-18(23)7-9-22-10-12-24-13-11-22/h3-5,14,20H,6-13H2,1-2H3. The molecule has 0 radical (unpaired) electrons. The number of H-pyrrole nitrogens is 1. The number of aromatic amines is 1. The van der Waals surface area contributed by atoms with Crippen LogP contribution in [0, 0.1) is 0 Å². The number of carbonyl (C=O) groups excluding carboxylic acids is 1. The van der Waals surface area contributed by atoms with Gasteiger partial charge in [0.05, 0.1) is 19.6 Å². The number of rotatable bonds is 7. The van der Waals surface area contributed by atoms with E-state index in [1.807, 2.05) is 24.4 Å². The van der Waals surface area contributed by atoms with Crippen LogP contribution in [0.3, 0.4) is 0 Å². The summed E-state index contributed by atoms with van der Waals surface area (Å²) in [6.45, 7) is 4.93. The molecule has 1 saturated heterocycles. The quantitative estimate of drug-likeness (QED) is 0.614. The first-order chi connectivity index (χ1) is 12.1. The number of ether oxygens (including phenoxy) is 2. The molecule has 2 heterocycles. The Bertz CT molecular complexity index is 705. The molecule has 1 aliphatic rings. The van der Waals surface area contributed by atoms with Crippen molar-refractivity contribution in [3.63, 3.8) is 0 Å². The Hall–Kier alpha value is -1.89. The van der Waals surface area contributed by atoms with Crippen molar-refractivity contribution < 1.29 is 14.3 Å². The number of likely N-dealkylation sites (N-methyl/N-ethyl adjacent to an activating group) is 1. The fourth-order valence-corrected chi connectivity index (χ4v) is 3.09. The maximum atomic E-state index is 12.3. The molecule has 0 aliphatic carbocycles. The summed E-state index contributed by atoms with van der Waals surface area (Å²) in [5.41, 5.74) is 2.19. The van der Waals surface area contributed by atoms with Crippen molar-refractivity contribution >= 4 is 16.9 Å². The van der Waals surface area contributed by atoms with E-state index in [2.05, 4.69) is 28.9 Å². The van der Waals surface area contributed by atoms with Crippen LogP contribution >= 0.6 is 0 Å². The molecule has 136 valence electrons. The summed E-state index contributed by atoms with van der Waals surface area (Å²) >= 11 is 0. The molecule has 0 spiro atoms. The topological polar surface area (TPSA) is 57.8 Å². The van der Waals surface area contributed by atoms with E-state index < -0.39 is 0 Å². The summed E-state index contributed by atoms with van der Waals surface area (Å²) in [5, 5.41) is 1.02. The number of hydrogen-bond donors (Lipinski definition) is 1. The number of morpholine rings is 1. The molecule has 6 heteroatoms. The smallest absolute Gasteiger partial charge is 0.312 e. The predicted octanol–water partition coefficient (Wildman–Crippen LogP) is 1.90. The first-order valence-electron chi connectivity index (χ1n) is 8.88. The normalized spacial score (nSPS) is 15.8. The lowest BCUT2D eigenvalue weighted by Crippen LogP contribution is -2.37. The molecule has 1 fully saturated rings. The van der Waals surface area contributed by atoms with E-state index >= 15 is 0 Å². The molecule has 1 aromatic heterocycles. The zero-order valence-electron chi connectivity index (χ0n) is 15.1. The molecule has 1 aliphatic heterocycles. The summed E-state index contributed by atoms with van der Waals surface area (Å²) < 4.78 is 11.0. The third-order valence-electron chi connectivity index (χ3n) is 4.54. The van der Waals surface area contributed by atoms with Crippen LogP contribution < -0.4 is 4.74 Å². The number of nitrogens with zero attached hydrogens (tertiary/aromatic N) is 2. The molecule has 3 rings (SSSR count). The van der Waals surface area contributed by atoms with Gasteiger partial charge in [0.15, 0.2) is 0 Å². The maximum absolute atomic E-state index is 12.3. The van der Waals surface area contributed by atoms with Crippen LogP contribution in [0.15, 0.2) is 24.4 Å². The van der Waals surface area contributed by atoms with Gasteiger partial charge in [0.25, 0.3) is 0 Å². The second kappa shape index (κ2) is 8.47. The molecule has 1 N–H and O–H groups in total. The van der Waals surface area contributed by atoms with Crippen molar-refractivity contribution in [3.8, 4) is 5.75 Å². The van der Waals surface area contributed by atoms with Crippen LogP contribution in [-0.2, 0) is 16.0 Å². The average Bonchev–Trinajstić information content (AvgIpc) is 3.03. The van der Waals surface area contributed by atoms with Gasteiger partial charge < -0.3 is 19.4 Å². The Morgan fingerprint density at radius 1 is 1.32 bits per heavy atom. The molecule has 0 atom stereocenters. The Morgan fingerprint density at radius 2 is 2.12 bits per heavy atom. The van der Waals surface area contributed by atoms with Crippen LogP contribution in [0.25, 0.3) is 10.9 Å². The van der Waals surface area contributed by atoms with Crippen molar-refractivity contribution in [2.75, 3.05) is 53.5 Å². The zero-order valence-corrected chi connectivity index (χ0v) is 15.1. The largest absolute Gasteiger partial charge is 0.426 e. The van der Waals surface area contributed by atoms with Crippen LogP contribution in [0.4, 0.5) is 0 Å². The molecule has 6 nitrogen and oxygen atoms in total. The Labute approximate surface area is 148 Å². The predicted molar refractivity (Wildman–Crippen MR) is 98.1 cm³/mol. The van der Waals surface area contributed by atoms with Crippen LogP contribution in [0.2, 0.25) is 0 Å². The molecule has 25 heavy (non-hydrogen) atoms. The van der Waals surface area contributed by atoms with Crippen molar-refractivity contribution in [2.24, 2.45) is 0 Å². The first-order valence-corrected chi connectivity index (χ1v) is 8.88. The number of benzene rings is 1. The summed E-state index contributed by atoms with van der Waals surface area (Å²) in [7, 11) is 4.11. The maximum Gasteiger partial charge on any atom is 0.312 e. The molecular formula is C19H27N3O3. The lowest BCUT2D eigenvalue weighted by Gasteiger charge is -2.25. The fraction of sp³-hybridized carbons (Fsp3) is 0.526. The lowest BCUT2D eigenvalue weighted by molar-refractivity contribution is -0.134. The monoisotopic (exact) mass is 345 g/mol. The van der Waals surface area contributed by atoms with E-state index in [1.165, 1.54) is 5.56 Å². The van der Waals surface area contributed by atoms with Crippen molar-refractivity contribution in [2.45, 2.75) is 12.8 Å². The van der Waals surface area contributed by atoms with Gasteiger partial charge in [0.2, 0.25) is 0 Å². The second-order valence-electron chi connectivity index (χ2n) is 6.72. The highest BCUT2D eigenvalue weighted by Gasteiger charge is 2.15. The third kappa shape index (κ3) is 4.81. The molecule has 0 bridgehead atoms. The average molecular weight is 345 g/mol. The molecule has 0 amide bonds. The third-order valence-corrected chi connectivity index (χ3v) is 4.54. The van der Waals surface area contributed by atoms with Crippen molar-refractivity contribution in [3.05, 3.63) is 30.0 Å². The van der Waals surface area contributed by atoms with Gasteiger partial charge in [-0.25, -0.2) is 0 Å². The van der Waals surface area contributed by atoms with Gasteiger partial charge in [-0.1, -0.05) is 6.07 Å². The summed E-state index contributed by atoms with van der Waals surface area (Å²) in [5.74, 6) is 0.471. The Kier molecular flexibility index (Phi) is 6.07. The first kappa shape index (κ1) is 17.9. The number of aromatic nitrogens is 1. The minimum Gasteiger partial charge on any atom is -0.426 e. The summed E-state index contributed by atoms with van der Waals surface area (Å²) in [6.07, 6.45) is 3.32. The van der Waals surface area contributed by atoms with Gasteiger partial charge in [-0.15, -0.1) is 0 Å². The minimum absolute atomic E-state index is 0.182. The van der Waals surface area contributed by atoms with Crippen molar-refractivity contribution in [1.82, 2.24) is 14.8 Å². The highest BCUT2D eigenvalue weighted by molar-refractivity contribution is 5.91. The lowest BCUT2D eigenvalue weighted by atomic mass is 10.1. The van der Waals surface area contributed by atoms with Gasteiger partial charge in [-0.3, -0.25) is 9.69 Å². The number of fused-ring (bicyclic) bond motifs is 1. The zero-order chi connectivity index (χ0) is 17.6. The molecule has 2 aromatic rings. The summed E-state index contributed by atoms with van der Waals surface area (Å²) in [6, 6.07) is 5.81. The van der Waals surface area contributed by atoms with E-state index in [-0.39, 0.29) is 5.97 Å². The van der Waals surface area contributed by atoms with E-state index in [1.54, 1.807) is 0 Å². The molecule has 0 saturated carbocycles. The van der Waals surface area contributed by atoms with E-state index in [0.717, 1.165) is 56.7 Å². The SMILES string of the molecule is CN(C)CCc1c[nH]c2cccc(OC(=O)CCN3CCOCC3)c12. The van der Waals surface area contributed by atoms with E-state index in [9.17, 15) is 4.79 Å². The van der Waals surface area contributed by atoms with E-state index in [4.69, 9.17) is 9.47 Å². The summed E-state index contributed by atoms with van der Waals surface area (Å²) in [4.78, 5) is 20.0. The number of nitrogens with one attached hydrogen (secondary N) is 1. The van der Waals surface area contributed by atoms with Gasteiger partial charge >= 0.3 is 5.97 Å². The van der Waals surface area contributed by atoms with Crippen LogP contribution in [0.1, 0.15) is 12.0 Å². The van der Waals surface area contributed by atoms with Gasteiger partial charge in [0, 0.05) is 43.3 Å². The Morgan fingerprint density at radius 3 is 2.88 bits per heavy atom. The molecule has 0 unspecified atom stereocenters. The minimum atomic E-state index is -0.182.